The average molecular weight is 352 g/mol. The van der Waals surface area contributed by atoms with Crippen molar-refractivity contribution in [3.8, 4) is 0 Å². The van der Waals surface area contributed by atoms with Crippen molar-refractivity contribution < 1.29 is 4.79 Å². The normalized spacial score (nSPS) is 14.6. The van der Waals surface area contributed by atoms with E-state index in [0.29, 0.717) is 13.1 Å². The highest BCUT2D eigenvalue weighted by atomic mass is 16.2. The van der Waals surface area contributed by atoms with Gasteiger partial charge in [0.2, 0.25) is 0 Å². The molecule has 26 heavy (non-hydrogen) atoms. The van der Waals surface area contributed by atoms with Crippen molar-refractivity contribution in [2.75, 3.05) is 18.0 Å². The Morgan fingerprint density at radius 1 is 1.00 bits per heavy atom. The number of carbonyl (C=O) groups is 1. The SMILES string of the molecule is Cc1cccc(CNC(=O)NCc2ccc(N3CCCCCC3)nc2)c1. The number of hydrogen-bond acceptors (Lipinski definition) is 3. The average Bonchev–Trinajstić information content (AvgIpc) is 2.95. The summed E-state index contributed by atoms with van der Waals surface area (Å²) in [4.78, 5) is 18.9. The van der Waals surface area contributed by atoms with E-state index >= 15 is 0 Å². The Morgan fingerprint density at radius 3 is 2.38 bits per heavy atom. The van der Waals surface area contributed by atoms with Gasteiger partial charge in [0, 0.05) is 32.4 Å². The Bertz CT molecular complexity index is 706. The number of rotatable bonds is 5. The van der Waals surface area contributed by atoms with Gasteiger partial charge in [0.15, 0.2) is 0 Å². The quantitative estimate of drug-likeness (QED) is 0.861. The lowest BCUT2D eigenvalue weighted by Crippen LogP contribution is -2.34. The van der Waals surface area contributed by atoms with Gasteiger partial charge in [-0.15, -0.1) is 0 Å². The van der Waals surface area contributed by atoms with Crippen LogP contribution in [0.1, 0.15) is 42.4 Å². The molecule has 1 saturated heterocycles. The van der Waals surface area contributed by atoms with Crippen molar-refractivity contribution in [3.05, 3.63) is 59.3 Å². The van der Waals surface area contributed by atoms with Gasteiger partial charge in [0.1, 0.15) is 5.82 Å². The molecule has 1 aromatic heterocycles. The van der Waals surface area contributed by atoms with Gasteiger partial charge in [-0.25, -0.2) is 9.78 Å². The molecule has 2 aromatic rings. The van der Waals surface area contributed by atoms with Crippen LogP contribution in [0.15, 0.2) is 42.6 Å². The lowest BCUT2D eigenvalue weighted by Gasteiger charge is -2.21. The topological polar surface area (TPSA) is 57.3 Å². The Morgan fingerprint density at radius 2 is 1.73 bits per heavy atom. The van der Waals surface area contributed by atoms with Crippen LogP contribution >= 0.6 is 0 Å². The predicted molar refractivity (Wildman–Crippen MR) is 105 cm³/mol. The van der Waals surface area contributed by atoms with E-state index in [9.17, 15) is 4.79 Å². The van der Waals surface area contributed by atoms with Crippen molar-refractivity contribution in [3.63, 3.8) is 0 Å². The fraction of sp³-hybridized carbons (Fsp3) is 0.429. The molecular formula is C21H28N4O. The minimum atomic E-state index is -0.164. The van der Waals surface area contributed by atoms with E-state index in [1.807, 2.05) is 37.4 Å². The van der Waals surface area contributed by atoms with Gasteiger partial charge in [0.05, 0.1) is 0 Å². The number of nitrogens with zero attached hydrogens (tertiary/aromatic N) is 2. The molecule has 0 bridgehead atoms. The van der Waals surface area contributed by atoms with Crippen molar-refractivity contribution >= 4 is 11.8 Å². The van der Waals surface area contributed by atoms with Gasteiger partial charge < -0.3 is 15.5 Å². The third-order valence-corrected chi connectivity index (χ3v) is 4.73. The van der Waals surface area contributed by atoms with Crippen LogP contribution in [0.4, 0.5) is 10.6 Å². The van der Waals surface area contributed by atoms with E-state index < -0.39 is 0 Å². The van der Waals surface area contributed by atoms with Crippen LogP contribution in [0, 0.1) is 6.92 Å². The highest BCUT2D eigenvalue weighted by molar-refractivity contribution is 5.73. The molecular weight excluding hydrogens is 324 g/mol. The van der Waals surface area contributed by atoms with Crippen LogP contribution in [-0.4, -0.2) is 24.1 Å². The fourth-order valence-corrected chi connectivity index (χ4v) is 3.26. The summed E-state index contributed by atoms with van der Waals surface area (Å²) < 4.78 is 0. The van der Waals surface area contributed by atoms with Crippen molar-refractivity contribution in [2.24, 2.45) is 0 Å². The van der Waals surface area contributed by atoms with Gasteiger partial charge >= 0.3 is 6.03 Å². The number of hydrogen-bond donors (Lipinski definition) is 2. The van der Waals surface area contributed by atoms with Crippen molar-refractivity contribution in [1.82, 2.24) is 15.6 Å². The molecule has 0 saturated carbocycles. The van der Waals surface area contributed by atoms with Gasteiger partial charge in [-0.05, 0) is 37.0 Å². The Labute approximate surface area is 155 Å². The molecule has 138 valence electrons. The maximum absolute atomic E-state index is 12.0. The Balaban J connectivity index is 1.44. The lowest BCUT2D eigenvalue weighted by atomic mass is 10.1. The number of aromatic nitrogens is 1. The summed E-state index contributed by atoms with van der Waals surface area (Å²) in [5.41, 5.74) is 3.30. The monoisotopic (exact) mass is 352 g/mol. The fourth-order valence-electron chi connectivity index (χ4n) is 3.26. The second-order valence-electron chi connectivity index (χ2n) is 6.95. The molecule has 0 radical (unpaired) electrons. The van der Waals surface area contributed by atoms with E-state index in [1.54, 1.807) is 0 Å². The molecule has 3 rings (SSSR count). The summed E-state index contributed by atoms with van der Waals surface area (Å²) in [6, 6.07) is 12.1. The first-order valence-corrected chi connectivity index (χ1v) is 9.48. The standard InChI is InChI=1S/C21H28N4O/c1-17-7-6-8-18(13-17)14-23-21(26)24-16-19-9-10-20(22-15-19)25-11-4-2-3-5-12-25/h6-10,13,15H,2-5,11-12,14,16H2,1H3,(H2,23,24,26). The van der Waals surface area contributed by atoms with Crippen LogP contribution in [0.3, 0.4) is 0 Å². The molecule has 0 unspecified atom stereocenters. The van der Waals surface area contributed by atoms with Crippen LogP contribution in [0.25, 0.3) is 0 Å². The maximum Gasteiger partial charge on any atom is 0.315 e. The number of carbonyl (C=O) groups excluding carboxylic acids is 1. The molecule has 2 N–H and O–H groups in total. The molecule has 5 heteroatoms. The summed E-state index contributed by atoms with van der Waals surface area (Å²) >= 11 is 0. The van der Waals surface area contributed by atoms with Gasteiger partial charge in [-0.2, -0.15) is 0 Å². The predicted octanol–water partition coefficient (Wildman–Crippen LogP) is 3.77. The number of pyridine rings is 1. The van der Waals surface area contributed by atoms with Gasteiger partial charge in [0.25, 0.3) is 0 Å². The summed E-state index contributed by atoms with van der Waals surface area (Å²) in [6.45, 7) is 5.23. The largest absolute Gasteiger partial charge is 0.357 e. The zero-order chi connectivity index (χ0) is 18.2. The van der Waals surface area contributed by atoms with Crippen LogP contribution in [0.5, 0.6) is 0 Å². The van der Waals surface area contributed by atoms with Crippen LogP contribution < -0.4 is 15.5 Å². The molecule has 2 heterocycles. The molecule has 1 fully saturated rings. The van der Waals surface area contributed by atoms with E-state index in [2.05, 4.69) is 32.7 Å². The molecule has 1 aromatic carbocycles. The molecule has 1 aliphatic heterocycles. The molecule has 0 atom stereocenters. The third kappa shape index (κ3) is 5.48. The molecule has 0 aliphatic carbocycles. The first kappa shape index (κ1) is 18.2. The van der Waals surface area contributed by atoms with Crippen molar-refractivity contribution in [1.29, 1.82) is 0 Å². The second-order valence-corrected chi connectivity index (χ2v) is 6.95. The zero-order valence-corrected chi connectivity index (χ0v) is 15.5. The first-order chi connectivity index (χ1) is 12.7. The highest BCUT2D eigenvalue weighted by Gasteiger charge is 2.10. The number of amides is 2. The molecule has 2 amide bonds. The number of anilines is 1. The number of urea groups is 1. The second kappa shape index (κ2) is 9.22. The highest BCUT2D eigenvalue weighted by Crippen LogP contribution is 2.17. The van der Waals surface area contributed by atoms with Crippen molar-refractivity contribution in [2.45, 2.75) is 45.7 Å². The van der Waals surface area contributed by atoms with E-state index in [1.165, 1.54) is 31.2 Å². The number of benzene rings is 1. The summed E-state index contributed by atoms with van der Waals surface area (Å²) in [5.74, 6) is 1.04. The first-order valence-electron chi connectivity index (χ1n) is 9.48. The van der Waals surface area contributed by atoms with E-state index in [4.69, 9.17) is 0 Å². The van der Waals surface area contributed by atoms with Crippen LogP contribution in [0.2, 0.25) is 0 Å². The Kier molecular flexibility index (Phi) is 6.47. The summed E-state index contributed by atoms with van der Waals surface area (Å²) in [6.07, 6.45) is 6.98. The summed E-state index contributed by atoms with van der Waals surface area (Å²) in [7, 11) is 0. The smallest absolute Gasteiger partial charge is 0.315 e. The van der Waals surface area contributed by atoms with Gasteiger partial charge in [-0.3, -0.25) is 0 Å². The van der Waals surface area contributed by atoms with Crippen LogP contribution in [-0.2, 0) is 13.1 Å². The van der Waals surface area contributed by atoms with E-state index in [0.717, 1.165) is 30.0 Å². The molecule has 5 nitrogen and oxygen atoms in total. The zero-order valence-electron chi connectivity index (χ0n) is 15.5. The maximum atomic E-state index is 12.0. The minimum absolute atomic E-state index is 0.164. The lowest BCUT2D eigenvalue weighted by molar-refractivity contribution is 0.240. The summed E-state index contributed by atoms with van der Waals surface area (Å²) in [5, 5.41) is 5.78. The molecule has 1 aliphatic rings. The Hall–Kier alpha value is -2.56. The van der Waals surface area contributed by atoms with Gasteiger partial charge in [-0.1, -0.05) is 48.7 Å². The molecule has 0 spiro atoms. The number of nitrogens with one attached hydrogen (secondary N) is 2. The number of aryl methyl sites for hydroxylation is 1. The third-order valence-electron chi connectivity index (χ3n) is 4.73. The van der Waals surface area contributed by atoms with E-state index in [-0.39, 0.29) is 6.03 Å². The minimum Gasteiger partial charge on any atom is -0.357 e.